The smallest absolute Gasteiger partial charge is 0.314 e. The van der Waals surface area contributed by atoms with Crippen LogP contribution in [0, 0.1) is 5.92 Å². The van der Waals surface area contributed by atoms with Crippen molar-refractivity contribution < 1.29 is 19.8 Å². The van der Waals surface area contributed by atoms with Gasteiger partial charge in [-0.25, -0.2) is 0 Å². The maximum atomic E-state index is 11.9. The monoisotopic (exact) mass is 332 g/mol. The van der Waals surface area contributed by atoms with Crippen LogP contribution in [0.4, 0.5) is 0 Å². The summed E-state index contributed by atoms with van der Waals surface area (Å²) in [6.07, 6.45) is 7.56. The number of aliphatic carboxylic acids is 2. The molecular weight excluding hydrogens is 304 g/mol. The highest BCUT2D eigenvalue weighted by Crippen LogP contribution is 2.42. The molecule has 2 rings (SSSR count). The van der Waals surface area contributed by atoms with Crippen LogP contribution >= 0.6 is 0 Å². The van der Waals surface area contributed by atoms with Crippen molar-refractivity contribution in [3.8, 4) is 0 Å². The van der Waals surface area contributed by atoms with Crippen molar-refractivity contribution in [1.29, 1.82) is 0 Å². The van der Waals surface area contributed by atoms with E-state index < -0.39 is 23.3 Å². The van der Waals surface area contributed by atoms with Gasteiger partial charge in [0.1, 0.15) is 0 Å². The topological polar surface area (TPSA) is 74.6 Å². The van der Waals surface area contributed by atoms with Crippen LogP contribution in [-0.4, -0.2) is 22.2 Å². The van der Waals surface area contributed by atoms with Crippen LogP contribution in [0.1, 0.15) is 69.4 Å². The molecule has 0 bridgehead atoms. The van der Waals surface area contributed by atoms with Crippen LogP contribution in [0.15, 0.2) is 24.3 Å². The average Bonchev–Trinajstić information content (AvgIpc) is 2.59. The van der Waals surface area contributed by atoms with Crippen LogP contribution < -0.4 is 0 Å². The molecule has 0 aromatic heterocycles. The average molecular weight is 332 g/mol. The maximum Gasteiger partial charge on any atom is 0.314 e. The Morgan fingerprint density at radius 3 is 2.17 bits per heavy atom. The number of carboxylic acids is 2. The first-order chi connectivity index (χ1) is 11.5. The van der Waals surface area contributed by atoms with Gasteiger partial charge in [0.15, 0.2) is 0 Å². The minimum Gasteiger partial charge on any atom is -0.481 e. The van der Waals surface area contributed by atoms with Gasteiger partial charge in [0.25, 0.3) is 0 Å². The van der Waals surface area contributed by atoms with E-state index in [0.717, 1.165) is 18.4 Å². The molecule has 0 spiro atoms. The number of aryl methyl sites for hydroxylation is 1. The zero-order chi connectivity index (χ0) is 17.6. The first-order valence-corrected chi connectivity index (χ1v) is 9.05. The molecule has 1 aromatic rings. The largest absolute Gasteiger partial charge is 0.481 e. The molecule has 1 aliphatic rings. The zero-order valence-corrected chi connectivity index (χ0v) is 14.5. The molecule has 0 unspecified atom stereocenters. The highest BCUT2D eigenvalue weighted by molar-refractivity contribution is 5.82. The second kappa shape index (κ2) is 8.32. The minimum absolute atomic E-state index is 0.398. The molecule has 0 saturated heterocycles. The van der Waals surface area contributed by atoms with Gasteiger partial charge in [-0.3, -0.25) is 9.59 Å². The van der Waals surface area contributed by atoms with Gasteiger partial charge in [0, 0.05) is 0 Å². The van der Waals surface area contributed by atoms with Gasteiger partial charge >= 0.3 is 11.9 Å². The molecule has 24 heavy (non-hydrogen) atoms. The van der Waals surface area contributed by atoms with E-state index in [4.69, 9.17) is 5.11 Å². The first-order valence-electron chi connectivity index (χ1n) is 9.05. The van der Waals surface area contributed by atoms with E-state index >= 15 is 0 Å². The second-order valence-corrected chi connectivity index (χ2v) is 7.01. The number of carbonyl (C=O) groups is 2. The highest BCUT2D eigenvalue weighted by Gasteiger charge is 2.44. The Kier molecular flexibility index (Phi) is 6.41. The SMILES string of the molecule is CCCCCCc1ccc(C2(C(=O)O)CCC(C(=O)O)CC2)cc1. The van der Waals surface area contributed by atoms with Crippen molar-refractivity contribution in [3.05, 3.63) is 35.4 Å². The van der Waals surface area contributed by atoms with Crippen molar-refractivity contribution in [1.82, 2.24) is 0 Å². The maximum absolute atomic E-state index is 11.9. The molecule has 0 amide bonds. The molecule has 1 fully saturated rings. The summed E-state index contributed by atoms with van der Waals surface area (Å²) in [5.41, 5.74) is 1.14. The van der Waals surface area contributed by atoms with E-state index in [1.54, 1.807) is 0 Å². The van der Waals surface area contributed by atoms with E-state index in [9.17, 15) is 14.7 Å². The van der Waals surface area contributed by atoms with Crippen molar-refractivity contribution in [3.63, 3.8) is 0 Å². The Morgan fingerprint density at radius 1 is 1.04 bits per heavy atom. The van der Waals surface area contributed by atoms with E-state index in [1.165, 1.54) is 24.8 Å². The number of unbranched alkanes of at least 4 members (excludes halogenated alkanes) is 3. The minimum atomic E-state index is -0.924. The predicted octanol–water partition coefficient (Wildman–Crippen LogP) is 4.41. The quantitative estimate of drug-likeness (QED) is 0.692. The molecule has 1 aromatic carbocycles. The third-order valence-corrected chi connectivity index (χ3v) is 5.42. The Bertz CT molecular complexity index is 554. The molecule has 2 N–H and O–H groups in total. The van der Waals surface area contributed by atoms with E-state index in [0.29, 0.717) is 25.7 Å². The lowest BCUT2D eigenvalue weighted by atomic mass is 9.66. The van der Waals surface area contributed by atoms with Crippen molar-refractivity contribution >= 4 is 11.9 Å². The molecular formula is C20H28O4. The molecule has 1 aliphatic carbocycles. The fourth-order valence-corrected chi connectivity index (χ4v) is 3.73. The lowest BCUT2D eigenvalue weighted by molar-refractivity contribution is -0.150. The van der Waals surface area contributed by atoms with Gasteiger partial charge < -0.3 is 10.2 Å². The van der Waals surface area contributed by atoms with Gasteiger partial charge in [0.05, 0.1) is 11.3 Å². The van der Waals surface area contributed by atoms with Crippen LogP contribution in [0.5, 0.6) is 0 Å². The van der Waals surface area contributed by atoms with Gasteiger partial charge in [-0.15, -0.1) is 0 Å². The Morgan fingerprint density at radius 2 is 1.67 bits per heavy atom. The van der Waals surface area contributed by atoms with Gasteiger partial charge in [-0.2, -0.15) is 0 Å². The van der Waals surface area contributed by atoms with Gasteiger partial charge in [-0.1, -0.05) is 50.5 Å². The lowest BCUT2D eigenvalue weighted by Gasteiger charge is -2.36. The molecule has 4 nitrogen and oxygen atoms in total. The third-order valence-electron chi connectivity index (χ3n) is 5.42. The highest BCUT2D eigenvalue weighted by atomic mass is 16.4. The summed E-state index contributed by atoms with van der Waals surface area (Å²) in [5, 5.41) is 18.9. The summed E-state index contributed by atoms with van der Waals surface area (Å²) < 4.78 is 0. The summed E-state index contributed by atoms with van der Waals surface area (Å²) in [6.45, 7) is 2.19. The number of benzene rings is 1. The molecule has 1 saturated carbocycles. The van der Waals surface area contributed by atoms with Crippen LogP contribution in [0.3, 0.4) is 0 Å². The van der Waals surface area contributed by atoms with E-state index in [-0.39, 0.29) is 0 Å². The molecule has 0 atom stereocenters. The summed E-state index contributed by atoms with van der Waals surface area (Å²) in [7, 11) is 0. The molecule has 132 valence electrons. The fourth-order valence-electron chi connectivity index (χ4n) is 3.73. The van der Waals surface area contributed by atoms with Crippen molar-refractivity contribution in [2.24, 2.45) is 5.92 Å². The van der Waals surface area contributed by atoms with Crippen molar-refractivity contribution in [2.75, 3.05) is 0 Å². The summed E-state index contributed by atoms with van der Waals surface area (Å²) >= 11 is 0. The Hall–Kier alpha value is -1.84. The van der Waals surface area contributed by atoms with E-state index in [1.807, 2.05) is 24.3 Å². The Balaban J connectivity index is 2.06. The van der Waals surface area contributed by atoms with E-state index in [2.05, 4.69) is 6.92 Å². The van der Waals surface area contributed by atoms with Crippen molar-refractivity contribution in [2.45, 2.75) is 70.1 Å². The first kappa shape index (κ1) is 18.5. The zero-order valence-electron chi connectivity index (χ0n) is 14.5. The second-order valence-electron chi connectivity index (χ2n) is 7.01. The van der Waals surface area contributed by atoms with Crippen LogP contribution in [0.25, 0.3) is 0 Å². The predicted molar refractivity (Wildman–Crippen MR) is 93.2 cm³/mol. The Labute approximate surface area is 143 Å². The third kappa shape index (κ3) is 4.16. The number of hydrogen-bond acceptors (Lipinski definition) is 2. The number of hydrogen-bond donors (Lipinski definition) is 2. The molecule has 0 radical (unpaired) electrons. The summed E-state index contributed by atoms with van der Waals surface area (Å²) in [4.78, 5) is 23.1. The number of carboxylic acid groups (broad SMARTS) is 2. The molecule has 4 heteroatoms. The molecule has 0 aliphatic heterocycles. The normalized spacial score (nSPS) is 23.8. The fraction of sp³-hybridized carbons (Fsp3) is 0.600. The molecule has 0 heterocycles. The van der Waals surface area contributed by atoms with Gasteiger partial charge in [-0.05, 0) is 49.7 Å². The van der Waals surface area contributed by atoms with Gasteiger partial charge in [0.2, 0.25) is 0 Å². The summed E-state index contributed by atoms with van der Waals surface area (Å²) in [6, 6.07) is 7.94. The lowest BCUT2D eigenvalue weighted by Crippen LogP contribution is -2.40. The number of rotatable bonds is 8. The summed E-state index contributed by atoms with van der Waals surface area (Å²) in [5.74, 6) is -2.05. The van der Waals surface area contributed by atoms with Crippen LogP contribution in [0.2, 0.25) is 0 Å². The van der Waals surface area contributed by atoms with Crippen LogP contribution in [-0.2, 0) is 21.4 Å². The standard InChI is InChI=1S/C20H28O4/c1-2-3-4-5-6-15-7-9-17(10-8-15)20(19(23)24)13-11-16(12-14-20)18(21)22/h7-10,16H,2-6,11-14H2,1H3,(H,21,22)(H,23,24).